The third kappa shape index (κ3) is 4.73. The molecule has 0 bridgehead atoms. The summed E-state index contributed by atoms with van der Waals surface area (Å²) in [6, 6.07) is 17.9. The van der Waals surface area contributed by atoms with Crippen molar-refractivity contribution in [3.05, 3.63) is 71.3 Å². The molecule has 0 radical (unpaired) electrons. The normalized spacial score (nSPS) is 17.5. The van der Waals surface area contributed by atoms with Crippen LogP contribution in [0.2, 0.25) is 0 Å². The first-order valence-electron chi connectivity index (χ1n) is 11.4. The predicted octanol–water partition coefficient (Wildman–Crippen LogP) is 5.39. The molecule has 0 spiro atoms. The van der Waals surface area contributed by atoms with E-state index < -0.39 is 0 Å². The zero-order valence-electron chi connectivity index (χ0n) is 18.6. The molecule has 0 atom stereocenters. The van der Waals surface area contributed by atoms with Crippen LogP contribution in [-0.2, 0) is 4.79 Å². The van der Waals surface area contributed by atoms with E-state index in [1.165, 1.54) is 18.2 Å². The maximum Gasteiger partial charge on any atom is 0.286 e. The number of thioether (sulfide) groups is 1. The highest BCUT2D eigenvalue weighted by atomic mass is 32.2. The first kappa shape index (κ1) is 21.5. The van der Waals surface area contributed by atoms with Crippen LogP contribution >= 0.6 is 11.8 Å². The molecule has 1 fully saturated rings. The van der Waals surface area contributed by atoms with E-state index in [0.29, 0.717) is 11.5 Å². The zero-order valence-corrected chi connectivity index (χ0v) is 19.4. The molecule has 1 saturated heterocycles. The van der Waals surface area contributed by atoms with Gasteiger partial charge in [-0.05, 0) is 80.4 Å². The summed E-state index contributed by atoms with van der Waals surface area (Å²) in [7, 11) is 0. The third-order valence-electron chi connectivity index (χ3n) is 5.72. The van der Waals surface area contributed by atoms with Crippen molar-refractivity contribution >= 4 is 28.9 Å². The van der Waals surface area contributed by atoms with Gasteiger partial charge in [-0.25, -0.2) is 4.68 Å². The highest BCUT2D eigenvalue weighted by molar-refractivity contribution is 8.18. The molecule has 0 N–H and O–H groups in total. The van der Waals surface area contributed by atoms with Gasteiger partial charge in [-0.1, -0.05) is 18.2 Å². The lowest BCUT2D eigenvalue weighted by atomic mass is 10.1. The zero-order chi connectivity index (χ0) is 22.6. The molecule has 6 nitrogen and oxygen atoms in total. The Kier molecular flexibility index (Phi) is 6.30. The average molecular weight is 459 g/mol. The molecule has 7 heteroatoms. The quantitative estimate of drug-likeness (QED) is 0.480. The van der Waals surface area contributed by atoms with Gasteiger partial charge in [0.05, 0.1) is 22.9 Å². The number of carbonyl (C=O) groups excluding carboxylic acids is 1. The van der Waals surface area contributed by atoms with Crippen molar-refractivity contribution < 1.29 is 9.53 Å². The molecule has 3 aromatic rings. The minimum Gasteiger partial charge on any atom is -0.494 e. The van der Waals surface area contributed by atoms with E-state index in [9.17, 15) is 4.79 Å². The molecule has 5 rings (SSSR count). The maximum atomic E-state index is 12.7. The van der Waals surface area contributed by atoms with Gasteiger partial charge in [-0.3, -0.25) is 4.79 Å². The van der Waals surface area contributed by atoms with E-state index in [2.05, 4.69) is 9.89 Å². The van der Waals surface area contributed by atoms with Gasteiger partial charge in [0.15, 0.2) is 5.17 Å². The molecule has 168 valence electrons. The number of hydrogen-bond donors (Lipinski definition) is 0. The van der Waals surface area contributed by atoms with E-state index in [-0.39, 0.29) is 5.91 Å². The minimum absolute atomic E-state index is 0.175. The Morgan fingerprint density at radius 1 is 1.03 bits per heavy atom. The smallest absolute Gasteiger partial charge is 0.286 e. The van der Waals surface area contributed by atoms with Crippen LogP contribution in [0.15, 0.2) is 70.7 Å². The fourth-order valence-electron chi connectivity index (χ4n) is 4.07. The summed E-state index contributed by atoms with van der Waals surface area (Å²) in [5, 5.41) is 5.69. The van der Waals surface area contributed by atoms with Crippen molar-refractivity contribution in [3.63, 3.8) is 0 Å². The van der Waals surface area contributed by atoms with Crippen molar-refractivity contribution in [1.82, 2.24) is 14.7 Å². The highest BCUT2D eigenvalue weighted by Gasteiger charge is 2.27. The van der Waals surface area contributed by atoms with E-state index in [1.54, 1.807) is 0 Å². The number of ether oxygens (including phenoxy) is 1. The molecule has 2 aliphatic rings. The number of carbonyl (C=O) groups is 1. The molecule has 0 unspecified atom stereocenters. The number of nitrogens with zero attached hydrogens (tertiary/aromatic N) is 4. The van der Waals surface area contributed by atoms with Crippen LogP contribution in [0.5, 0.6) is 5.75 Å². The van der Waals surface area contributed by atoms with Crippen molar-refractivity contribution in [2.75, 3.05) is 19.7 Å². The molecular formula is C26H26N4O2S. The first-order valence-corrected chi connectivity index (χ1v) is 12.2. The second-order valence-corrected chi connectivity index (χ2v) is 9.04. The van der Waals surface area contributed by atoms with Gasteiger partial charge in [-0.15, -0.1) is 0 Å². The number of likely N-dealkylation sites (tertiary alicyclic amines) is 1. The van der Waals surface area contributed by atoms with Crippen molar-refractivity contribution in [2.45, 2.75) is 26.2 Å². The van der Waals surface area contributed by atoms with E-state index in [1.807, 2.05) is 78.5 Å². The Morgan fingerprint density at radius 2 is 1.79 bits per heavy atom. The molecule has 3 heterocycles. The summed E-state index contributed by atoms with van der Waals surface area (Å²) in [5.74, 6) is 0.649. The van der Waals surface area contributed by atoms with Crippen LogP contribution in [0.25, 0.3) is 23.0 Å². The first-order chi connectivity index (χ1) is 16.2. The number of aromatic nitrogens is 2. The standard InChI is InChI=1S/C26H26N4O2S/c1-2-32-22-13-11-19(12-14-22)24-20(18-30(28-24)21-9-5-3-6-10-21)17-23-25(31)27-26(33-23)29-15-7-4-8-16-29/h3,5-6,9-14,17-18H,2,4,7-8,15-16H2,1H3. The van der Waals surface area contributed by atoms with Gasteiger partial charge in [-0.2, -0.15) is 10.1 Å². The summed E-state index contributed by atoms with van der Waals surface area (Å²) < 4.78 is 7.44. The molecule has 33 heavy (non-hydrogen) atoms. The summed E-state index contributed by atoms with van der Waals surface area (Å²) >= 11 is 1.47. The van der Waals surface area contributed by atoms with Crippen LogP contribution in [0.1, 0.15) is 31.7 Å². The van der Waals surface area contributed by atoms with Gasteiger partial charge in [0.1, 0.15) is 5.75 Å². The van der Waals surface area contributed by atoms with Crippen molar-refractivity contribution in [1.29, 1.82) is 0 Å². The Bertz CT molecular complexity index is 1190. The molecular weight excluding hydrogens is 432 g/mol. The summed E-state index contributed by atoms with van der Waals surface area (Å²) in [6.07, 6.45) is 7.44. The number of amidine groups is 1. The molecule has 0 saturated carbocycles. The number of amides is 1. The summed E-state index contributed by atoms with van der Waals surface area (Å²) in [5.41, 5.74) is 3.63. The van der Waals surface area contributed by atoms with Gasteiger partial charge in [0, 0.05) is 30.4 Å². The van der Waals surface area contributed by atoms with Crippen molar-refractivity contribution in [2.24, 2.45) is 4.99 Å². The molecule has 2 aromatic carbocycles. The van der Waals surface area contributed by atoms with E-state index >= 15 is 0 Å². The summed E-state index contributed by atoms with van der Waals surface area (Å²) in [4.78, 5) is 19.9. The molecule has 1 aromatic heterocycles. The lowest BCUT2D eigenvalue weighted by molar-refractivity contribution is -0.113. The number of benzene rings is 2. The van der Waals surface area contributed by atoms with Crippen LogP contribution < -0.4 is 4.74 Å². The SMILES string of the molecule is CCOc1ccc(-c2nn(-c3ccccc3)cc2C=C2SC(N3CCCCC3)=NC2=O)cc1. The van der Waals surface area contributed by atoms with Gasteiger partial charge < -0.3 is 9.64 Å². The van der Waals surface area contributed by atoms with Crippen LogP contribution in [0, 0.1) is 0 Å². The Balaban J connectivity index is 1.49. The summed E-state index contributed by atoms with van der Waals surface area (Å²) in [6.45, 7) is 4.53. The van der Waals surface area contributed by atoms with Crippen LogP contribution in [0.3, 0.4) is 0 Å². The topological polar surface area (TPSA) is 59.7 Å². The average Bonchev–Trinajstić information content (AvgIpc) is 3.45. The number of hydrogen-bond acceptors (Lipinski definition) is 5. The lowest BCUT2D eigenvalue weighted by Gasteiger charge is -2.27. The fraction of sp³-hybridized carbons (Fsp3) is 0.269. The van der Waals surface area contributed by atoms with E-state index in [0.717, 1.165) is 59.4 Å². The van der Waals surface area contributed by atoms with Gasteiger partial charge in [0.2, 0.25) is 0 Å². The van der Waals surface area contributed by atoms with Crippen LogP contribution in [-0.4, -0.2) is 45.5 Å². The van der Waals surface area contributed by atoms with Gasteiger partial charge >= 0.3 is 0 Å². The molecule has 0 aliphatic carbocycles. The highest BCUT2D eigenvalue weighted by Crippen LogP contribution is 2.34. The Hall–Kier alpha value is -3.32. The number of piperidine rings is 1. The van der Waals surface area contributed by atoms with Gasteiger partial charge in [0.25, 0.3) is 5.91 Å². The number of para-hydroxylation sites is 1. The lowest BCUT2D eigenvalue weighted by Crippen LogP contribution is -2.33. The number of aliphatic imine (C=N–C) groups is 1. The molecule has 1 amide bonds. The van der Waals surface area contributed by atoms with Crippen molar-refractivity contribution in [3.8, 4) is 22.7 Å². The fourth-order valence-corrected chi connectivity index (χ4v) is 5.02. The third-order valence-corrected chi connectivity index (χ3v) is 6.77. The van der Waals surface area contributed by atoms with Crippen LogP contribution in [0.4, 0.5) is 0 Å². The Labute approximate surface area is 198 Å². The largest absolute Gasteiger partial charge is 0.494 e. The Morgan fingerprint density at radius 3 is 2.52 bits per heavy atom. The van der Waals surface area contributed by atoms with E-state index in [4.69, 9.17) is 9.84 Å². The second-order valence-electron chi connectivity index (χ2n) is 8.03. The number of rotatable bonds is 5. The predicted molar refractivity (Wildman–Crippen MR) is 134 cm³/mol. The minimum atomic E-state index is -0.175. The molecule has 2 aliphatic heterocycles. The maximum absolute atomic E-state index is 12.7. The monoisotopic (exact) mass is 458 g/mol. The second kappa shape index (κ2) is 9.67.